The number of phenolic OH excluding ortho intramolecular Hbond substituents is 2. The largest absolute Gasteiger partial charge is 0.508 e. The third-order valence-electron chi connectivity index (χ3n) is 3.83. The lowest BCUT2D eigenvalue weighted by molar-refractivity contribution is 0.0734. The average Bonchev–Trinajstić information content (AvgIpc) is 2.68. The quantitative estimate of drug-likeness (QED) is 0.234. The van der Waals surface area contributed by atoms with Gasteiger partial charge in [-0.25, -0.2) is 10.2 Å². The molecule has 0 aliphatic rings. The lowest BCUT2D eigenvalue weighted by Gasteiger charge is -2.07. The van der Waals surface area contributed by atoms with Crippen molar-refractivity contribution in [2.45, 2.75) is 0 Å². The van der Waals surface area contributed by atoms with E-state index in [1.807, 2.05) is 0 Å². The van der Waals surface area contributed by atoms with Gasteiger partial charge in [0, 0.05) is 11.1 Å². The molecular formula is C21H14Cl2N2O5. The number of carbonyl (C=O) groups is 2. The summed E-state index contributed by atoms with van der Waals surface area (Å²) in [6, 6.07) is 14.4. The molecule has 30 heavy (non-hydrogen) atoms. The van der Waals surface area contributed by atoms with Crippen LogP contribution in [0.5, 0.6) is 17.2 Å². The molecule has 0 bridgehead atoms. The van der Waals surface area contributed by atoms with Crippen LogP contribution in [0.4, 0.5) is 0 Å². The number of hydrazone groups is 1. The number of amides is 1. The number of nitrogens with one attached hydrogen (secondary N) is 1. The van der Waals surface area contributed by atoms with Crippen molar-refractivity contribution in [2.24, 2.45) is 5.10 Å². The van der Waals surface area contributed by atoms with Crippen molar-refractivity contribution in [3.63, 3.8) is 0 Å². The molecule has 0 aromatic heterocycles. The average molecular weight is 445 g/mol. The minimum atomic E-state index is -0.663. The summed E-state index contributed by atoms with van der Waals surface area (Å²) in [6.45, 7) is 0. The van der Waals surface area contributed by atoms with E-state index in [2.05, 4.69) is 10.5 Å². The second kappa shape index (κ2) is 9.30. The first-order valence-corrected chi connectivity index (χ1v) is 9.22. The van der Waals surface area contributed by atoms with Crippen LogP contribution in [0.2, 0.25) is 10.0 Å². The lowest BCUT2D eigenvalue weighted by Crippen LogP contribution is -2.17. The van der Waals surface area contributed by atoms with Crippen LogP contribution in [0.3, 0.4) is 0 Å². The second-order valence-electron chi connectivity index (χ2n) is 5.99. The summed E-state index contributed by atoms with van der Waals surface area (Å²) in [4.78, 5) is 24.3. The molecule has 3 aromatic rings. The Labute approximate surface area is 181 Å². The number of ether oxygens (including phenoxy) is 1. The molecule has 7 nitrogen and oxygen atoms in total. The number of aromatic hydroxyl groups is 2. The molecule has 0 aliphatic carbocycles. The lowest BCUT2D eigenvalue weighted by atomic mass is 10.2. The highest BCUT2D eigenvalue weighted by atomic mass is 35.5. The molecule has 3 rings (SSSR count). The van der Waals surface area contributed by atoms with Gasteiger partial charge in [-0.1, -0.05) is 35.3 Å². The summed E-state index contributed by atoms with van der Waals surface area (Å²) in [5.74, 6) is -1.61. The molecule has 152 valence electrons. The Bertz CT molecular complexity index is 1150. The predicted octanol–water partition coefficient (Wildman–Crippen LogP) is 4.39. The van der Waals surface area contributed by atoms with Gasteiger partial charge in [0.1, 0.15) is 17.2 Å². The Morgan fingerprint density at radius 3 is 2.47 bits per heavy atom. The van der Waals surface area contributed by atoms with Crippen LogP contribution in [0.15, 0.2) is 65.8 Å². The highest BCUT2D eigenvalue weighted by molar-refractivity contribution is 6.36. The maximum Gasteiger partial charge on any atom is 0.345 e. The third kappa shape index (κ3) is 5.28. The van der Waals surface area contributed by atoms with Gasteiger partial charge >= 0.3 is 5.97 Å². The number of hydrogen-bond donors (Lipinski definition) is 3. The van der Waals surface area contributed by atoms with Gasteiger partial charge in [-0.15, -0.1) is 0 Å². The summed E-state index contributed by atoms with van der Waals surface area (Å²) in [6.07, 6.45) is 1.34. The Morgan fingerprint density at radius 2 is 1.73 bits per heavy atom. The first-order chi connectivity index (χ1) is 14.3. The van der Waals surface area contributed by atoms with Crippen LogP contribution in [0.25, 0.3) is 0 Å². The Kier molecular flexibility index (Phi) is 6.56. The van der Waals surface area contributed by atoms with Crippen molar-refractivity contribution in [3.8, 4) is 17.2 Å². The van der Waals surface area contributed by atoms with Crippen LogP contribution < -0.4 is 10.2 Å². The van der Waals surface area contributed by atoms with Crippen LogP contribution in [0.1, 0.15) is 26.3 Å². The molecule has 1 amide bonds. The summed E-state index contributed by atoms with van der Waals surface area (Å²) >= 11 is 11.8. The van der Waals surface area contributed by atoms with E-state index in [-0.39, 0.29) is 33.4 Å². The van der Waals surface area contributed by atoms with E-state index in [1.54, 1.807) is 18.2 Å². The first kappa shape index (κ1) is 21.2. The Morgan fingerprint density at radius 1 is 0.967 bits per heavy atom. The molecule has 0 unspecified atom stereocenters. The second-order valence-corrected chi connectivity index (χ2v) is 6.83. The van der Waals surface area contributed by atoms with Gasteiger partial charge < -0.3 is 14.9 Å². The highest BCUT2D eigenvalue weighted by Gasteiger charge is 2.14. The van der Waals surface area contributed by atoms with Gasteiger partial charge in [0.25, 0.3) is 5.91 Å². The van der Waals surface area contributed by atoms with Crippen LogP contribution in [-0.4, -0.2) is 28.3 Å². The molecule has 0 atom stereocenters. The van der Waals surface area contributed by atoms with Gasteiger partial charge in [-0.05, 0) is 48.0 Å². The molecular weight excluding hydrogens is 431 g/mol. The van der Waals surface area contributed by atoms with Crippen molar-refractivity contribution in [3.05, 3.63) is 87.4 Å². The number of hydrogen-bond acceptors (Lipinski definition) is 6. The topological polar surface area (TPSA) is 108 Å². The maximum absolute atomic E-state index is 12.3. The number of carbonyl (C=O) groups excluding carboxylic acids is 2. The fourth-order valence-corrected chi connectivity index (χ4v) is 2.90. The van der Waals surface area contributed by atoms with Crippen molar-refractivity contribution in [1.29, 1.82) is 0 Å². The van der Waals surface area contributed by atoms with E-state index in [0.29, 0.717) is 10.6 Å². The molecule has 3 N–H and O–H groups in total. The monoisotopic (exact) mass is 444 g/mol. The zero-order valence-electron chi connectivity index (χ0n) is 15.2. The molecule has 0 fully saturated rings. The normalized spacial score (nSPS) is 10.7. The van der Waals surface area contributed by atoms with Crippen LogP contribution in [-0.2, 0) is 0 Å². The highest BCUT2D eigenvalue weighted by Crippen LogP contribution is 2.24. The summed E-state index contributed by atoms with van der Waals surface area (Å²) in [5, 5.41) is 23.3. The number of benzene rings is 3. The van der Waals surface area contributed by atoms with E-state index < -0.39 is 11.9 Å². The Balaban J connectivity index is 1.66. The van der Waals surface area contributed by atoms with Crippen molar-refractivity contribution >= 4 is 41.3 Å². The van der Waals surface area contributed by atoms with Gasteiger partial charge in [-0.3, -0.25) is 4.79 Å². The number of phenols is 2. The molecule has 0 heterocycles. The predicted molar refractivity (Wildman–Crippen MR) is 113 cm³/mol. The van der Waals surface area contributed by atoms with E-state index in [9.17, 15) is 19.8 Å². The van der Waals surface area contributed by atoms with E-state index in [4.69, 9.17) is 27.9 Å². The zero-order valence-corrected chi connectivity index (χ0v) is 16.7. The molecule has 0 aliphatic heterocycles. The number of rotatable bonds is 5. The number of esters is 1. The van der Waals surface area contributed by atoms with Crippen LogP contribution in [0, 0.1) is 0 Å². The molecule has 0 radical (unpaired) electrons. The van der Waals surface area contributed by atoms with Crippen molar-refractivity contribution in [1.82, 2.24) is 5.43 Å². The minimum absolute atomic E-state index is 0.0486. The van der Waals surface area contributed by atoms with Crippen molar-refractivity contribution in [2.75, 3.05) is 0 Å². The molecule has 9 heteroatoms. The minimum Gasteiger partial charge on any atom is -0.508 e. The SMILES string of the molecule is O=C(NN=Cc1cccc(OC(=O)c2ccc(Cl)cc2Cl)c1)c1ccc(O)cc1O. The fourth-order valence-electron chi connectivity index (χ4n) is 2.41. The Hall–Kier alpha value is -3.55. The third-order valence-corrected chi connectivity index (χ3v) is 4.37. The molecule has 0 saturated heterocycles. The summed E-state index contributed by atoms with van der Waals surface area (Å²) in [7, 11) is 0. The zero-order chi connectivity index (χ0) is 21.7. The summed E-state index contributed by atoms with van der Waals surface area (Å²) < 4.78 is 5.31. The first-order valence-electron chi connectivity index (χ1n) is 8.46. The van der Waals surface area contributed by atoms with Crippen LogP contribution >= 0.6 is 23.2 Å². The maximum atomic E-state index is 12.3. The molecule has 0 saturated carbocycles. The van der Waals surface area contributed by atoms with Gasteiger partial charge in [0.15, 0.2) is 0 Å². The fraction of sp³-hybridized carbons (Fsp3) is 0. The van der Waals surface area contributed by atoms with Gasteiger partial charge in [0.2, 0.25) is 0 Å². The van der Waals surface area contributed by atoms with Gasteiger partial charge in [0.05, 0.1) is 22.4 Å². The summed E-state index contributed by atoms with van der Waals surface area (Å²) in [5.41, 5.74) is 2.92. The molecule has 3 aromatic carbocycles. The number of halogens is 2. The van der Waals surface area contributed by atoms with E-state index in [0.717, 1.165) is 6.07 Å². The van der Waals surface area contributed by atoms with Crippen molar-refractivity contribution < 1.29 is 24.5 Å². The molecule has 0 spiro atoms. The smallest absolute Gasteiger partial charge is 0.345 e. The van der Waals surface area contributed by atoms with Gasteiger partial charge in [-0.2, -0.15) is 5.10 Å². The standard InChI is InChI=1S/C21H14Cl2N2O5/c22-13-4-6-16(18(23)9-13)21(29)30-15-3-1-2-12(8-15)11-24-25-20(28)17-7-5-14(26)10-19(17)27/h1-11,26-27H,(H,25,28). The van der Waals surface area contributed by atoms with E-state index >= 15 is 0 Å². The van der Waals surface area contributed by atoms with E-state index in [1.165, 1.54) is 42.6 Å². The number of nitrogens with zero attached hydrogens (tertiary/aromatic N) is 1.